The maximum absolute atomic E-state index is 13.2. The molecule has 31 heavy (non-hydrogen) atoms. The van der Waals surface area contributed by atoms with Crippen molar-refractivity contribution in [3.8, 4) is 11.3 Å². The van der Waals surface area contributed by atoms with Crippen LogP contribution in [-0.2, 0) is 4.79 Å². The van der Waals surface area contributed by atoms with Crippen LogP contribution in [0.3, 0.4) is 0 Å². The number of aromatic nitrogens is 1. The van der Waals surface area contributed by atoms with Crippen LogP contribution in [0.1, 0.15) is 22.8 Å². The van der Waals surface area contributed by atoms with Crippen molar-refractivity contribution in [3.05, 3.63) is 88.9 Å². The van der Waals surface area contributed by atoms with Crippen molar-refractivity contribution < 1.29 is 9.59 Å². The molecule has 0 saturated carbocycles. The summed E-state index contributed by atoms with van der Waals surface area (Å²) in [7, 11) is 0. The average molecular weight is 430 g/mol. The molecule has 0 aliphatic rings. The van der Waals surface area contributed by atoms with Gasteiger partial charge in [0.25, 0.3) is 5.91 Å². The summed E-state index contributed by atoms with van der Waals surface area (Å²) in [6, 6.07) is 22.3. The zero-order valence-electron chi connectivity index (χ0n) is 17.1. The van der Waals surface area contributed by atoms with Gasteiger partial charge in [0.15, 0.2) is 0 Å². The van der Waals surface area contributed by atoms with E-state index in [4.69, 9.17) is 16.6 Å². The van der Waals surface area contributed by atoms with Crippen molar-refractivity contribution >= 4 is 45.7 Å². The predicted octanol–water partition coefficient (Wildman–Crippen LogP) is 6.07. The molecule has 1 aromatic heterocycles. The van der Waals surface area contributed by atoms with Crippen LogP contribution in [0.5, 0.6) is 0 Å². The normalized spacial score (nSPS) is 10.7. The third kappa shape index (κ3) is 4.57. The minimum absolute atomic E-state index is 0.217. The lowest BCUT2D eigenvalue weighted by molar-refractivity contribution is -0.114. The first-order valence-corrected chi connectivity index (χ1v) is 10.1. The topological polar surface area (TPSA) is 71.1 Å². The second kappa shape index (κ2) is 8.58. The average Bonchev–Trinajstić information content (AvgIpc) is 2.75. The van der Waals surface area contributed by atoms with E-state index in [1.54, 1.807) is 24.3 Å². The zero-order valence-corrected chi connectivity index (χ0v) is 17.8. The summed E-state index contributed by atoms with van der Waals surface area (Å²) in [5, 5.41) is 6.64. The third-order valence-electron chi connectivity index (χ3n) is 4.85. The van der Waals surface area contributed by atoms with Gasteiger partial charge in [0.1, 0.15) is 0 Å². The molecule has 1 heterocycles. The number of fused-ring (bicyclic) bond motifs is 1. The second-order valence-corrected chi connectivity index (χ2v) is 7.68. The van der Waals surface area contributed by atoms with Crippen molar-refractivity contribution in [1.29, 1.82) is 0 Å². The Morgan fingerprint density at radius 2 is 1.65 bits per heavy atom. The van der Waals surface area contributed by atoms with Gasteiger partial charge in [0, 0.05) is 23.6 Å². The van der Waals surface area contributed by atoms with Crippen LogP contribution < -0.4 is 10.6 Å². The van der Waals surface area contributed by atoms with E-state index in [1.807, 2.05) is 55.5 Å². The molecule has 0 saturated heterocycles. The molecule has 0 spiro atoms. The molecular formula is C25H20ClN3O2. The lowest BCUT2D eigenvalue weighted by Crippen LogP contribution is -2.13. The summed E-state index contributed by atoms with van der Waals surface area (Å²) in [6.45, 7) is 3.44. The highest BCUT2D eigenvalue weighted by molar-refractivity contribution is 6.34. The van der Waals surface area contributed by atoms with E-state index in [2.05, 4.69) is 10.6 Å². The minimum atomic E-state index is -0.268. The van der Waals surface area contributed by atoms with E-state index >= 15 is 0 Å². The molecule has 0 bridgehead atoms. The smallest absolute Gasteiger partial charge is 0.256 e. The molecule has 0 aliphatic heterocycles. The SMILES string of the molecule is CC(=O)Nc1ccc(NC(=O)c2cc(-c3ccc(C)cc3)nc3ccccc23)cc1Cl. The molecule has 154 valence electrons. The molecule has 4 rings (SSSR count). The van der Waals surface area contributed by atoms with E-state index in [1.165, 1.54) is 6.92 Å². The van der Waals surface area contributed by atoms with Gasteiger partial charge in [-0.05, 0) is 37.3 Å². The number of hydrogen-bond acceptors (Lipinski definition) is 3. The van der Waals surface area contributed by atoms with Crippen LogP contribution in [0.15, 0.2) is 72.8 Å². The van der Waals surface area contributed by atoms with Gasteiger partial charge in [-0.1, -0.05) is 59.6 Å². The number of nitrogens with one attached hydrogen (secondary N) is 2. The Labute approximate surface area is 185 Å². The van der Waals surface area contributed by atoms with Gasteiger partial charge >= 0.3 is 0 Å². The Morgan fingerprint density at radius 3 is 2.35 bits per heavy atom. The first-order valence-electron chi connectivity index (χ1n) is 9.76. The number of carbonyl (C=O) groups excluding carboxylic acids is 2. The Hall–Kier alpha value is -3.70. The quantitative estimate of drug-likeness (QED) is 0.413. The van der Waals surface area contributed by atoms with E-state index in [-0.39, 0.29) is 11.8 Å². The second-order valence-electron chi connectivity index (χ2n) is 7.27. The van der Waals surface area contributed by atoms with Gasteiger partial charge in [-0.25, -0.2) is 4.98 Å². The number of hydrogen-bond donors (Lipinski definition) is 2. The van der Waals surface area contributed by atoms with Crippen LogP contribution in [0, 0.1) is 6.92 Å². The number of aryl methyl sites for hydroxylation is 1. The molecule has 5 nitrogen and oxygen atoms in total. The summed E-state index contributed by atoms with van der Waals surface area (Å²) < 4.78 is 0. The number of rotatable bonds is 4. The highest BCUT2D eigenvalue weighted by Crippen LogP contribution is 2.28. The van der Waals surface area contributed by atoms with Crippen molar-refractivity contribution in [2.24, 2.45) is 0 Å². The Kier molecular flexibility index (Phi) is 5.69. The van der Waals surface area contributed by atoms with E-state index < -0.39 is 0 Å². The zero-order chi connectivity index (χ0) is 22.0. The van der Waals surface area contributed by atoms with Crippen LogP contribution in [0.4, 0.5) is 11.4 Å². The summed E-state index contributed by atoms with van der Waals surface area (Å²) in [6.07, 6.45) is 0. The molecule has 6 heteroatoms. The Balaban J connectivity index is 1.71. The monoisotopic (exact) mass is 429 g/mol. The maximum atomic E-state index is 13.2. The van der Waals surface area contributed by atoms with Crippen LogP contribution in [-0.4, -0.2) is 16.8 Å². The van der Waals surface area contributed by atoms with Crippen molar-refractivity contribution in [3.63, 3.8) is 0 Å². The minimum Gasteiger partial charge on any atom is -0.325 e. The summed E-state index contributed by atoms with van der Waals surface area (Å²) in [5.41, 5.74) is 5.09. The number of benzene rings is 3. The van der Waals surface area contributed by atoms with Gasteiger partial charge in [-0.3, -0.25) is 9.59 Å². The fraction of sp³-hybridized carbons (Fsp3) is 0.0800. The van der Waals surface area contributed by atoms with Gasteiger partial charge in [0.2, 0.25) is 5.91 Å². The first-order chi connectivity index (χ1) is 14.9. The lowest BCUT2D eigenvalue weighted by atomic mass is 10.0. The van der Waals surface area contributed by atoms with Crippen LogP contribution >= 0.6 is 11.6 Å². The first kappa shape index (κ1) is 20.6. The van der Waals surface area contributed by atoms with E-state index in [0.29, 0.717) is 22.0 Å². The summed E-state index contributed by atoms with van der Waals surface area (Å²) >= 11 is 6.24. The summed E-state index contributed by atoms with van der Waals surface area (Å²) in [5.74, 6) is -0.485. The molecule has 0 fully saturated rings. The lowest BCUT2D eigenvalue weighted by Gasteiger charge is -2.12. The van der Waals surface area contributed by atoms with Crippen molar-refractivity contribution in [2.45, 2.75) is 13.8 Å². The van der Waals surface area contributed by atoms with E-state index in [9.17, 15) is 9.59 Å². The van der Waals surface area contributed by atoms with Gasteiger partial charge in [0.05, 0.1) is 27.5 Å². The number of anilines is 2. The van der Waals surface area contributed by atoms with Crippen molar-refractivity contribution in [2.75, 3.05) is 10.6 Å². The summed E-state index contributed by atoms with van der Waals surface area (Å²) in [4.78, 5) is 29.2. The molecule has 0 unspecified atom stereocenters. The number of halogens is 1. The molecule has 2 amide bonds. The van der Waals surface area contributed by atoms with Crippen LogP contribution in [0.25, 0.3) is 22.2 Å². The van der Waals surface area contributed by atoms with Gasteiger partial charge in [-0.2, -0.15) is 0 Å². The van der Waals surface area contributed by atoms with Crippen LogP contribution in [0.2, 0.25) is 5.02 Å². The molecule has 3 aromatic carbocycles. The number of amides is 2. The maximum Gasteiger partial charge on any atom is 0.256 e. The molecular weight excluding hydrogens is 410 g/mol. The van der Waals surface area contributed by atoms with E-state index in [0.717, 1.165) is 27.7 Å². The molecule has 2 N–H and O–H groups in total. The fourth-order valence-electron chi connectivity index (χ4n) is 3.32. The molecule has 0 aliphatic carbocycles. The number of pyridine rings is 1. The Bertz CT molecular complexity index is 1300. The fourth-order valence-corrected chi connectivity index (χ4v) is 3.55. The van der Waals surface area contributed by atoms with Crippen molar-refractivity contribution in [1.82, 2.24) is 4.98 Å². The highest BCUT2D eigenvalue weighted by Gasteiger charge is 2.15. The predicted molar refractivity (Wildman–Crippen MR) is 126 cm³/mol. The molecule has 0 radical (unpaired) electrons. The molecule has 4 aromatic rings. The highest BCUT2D eigenvalue weighted by atomic mass is 35.5. The number of carbonyl (C=O) groups is 2. The van der Waals surface area contributed by atoms with Gasteiger partial charge < -0.3 is 10.6 Å². The standard InChI is InChI=1S/C25H20ClN3O2/c1-15-7-9-17(10-8-15)24-14-20(19-5-3-4-6-22(19)29-24)25(31)28-18-11-12-23(21(26)13-18)27-16(2)30/h3-14H,1-2H3,(H,27,30)(H,28,31). The van der Waals surface area contributed by atoms with Gasteiger partial charge in [-0.15, -0.1) is 0 Å². The third-order valence-corrected chi connectivity index (χ3v) is 5.16. The number of para-hydroxylation sites is 1. The molecule has 0 atom stereocenters. The Morgan fingerprint density at radius 1 is 0.903 bits per heavy atom. The number of nitrogens with zero attached hydrogens (tertiary/aromatic N) is 1. The largest absolute Gasteiger partial charge is 0.325 e.